The number of hydrogen-bond acceptors (Lipinski definition) is 12. The molecule has 0 aliphatic carbocycles. The van der Waals surface area contributed by atoms with Gasteiger partial charge in [0.05, 0.1) is 22.2 Å². The molecule has 1 aliphatic rings. The van der Waals surface area contributed by atoms with Crippen LogP contribution < -0.4 is 10.2 Å². The number of methoxy groups -OCH3 is 1. The molecule has 0 spiro atoms. The van der Waals surface area contributed by atoms with Crippen molar-refractivity contribution < 1.29 is 71.3 Å². The van der Waals surface area contributed by atoms with Gasteiger partial charge in [0.1, 0.15) is 4.90 Å². The molecule has 1 unspecified atom stereocenters. The molecule has 1 atom stereocenters. The van der Waals surface area contributed by atoms with E-state index in [0.717, 1.165) is 12.1 Å². The Labute approximate surface area is 390 Å². The zero-order chi connectivity index (χ0) is 50.1. The lowest BCUT2D eigenvalue weighted by Gasteiger charge is -2.34. The summed E-state index contributed by atoms with van der Waals surface area (Å²) in [5.74, 6) is -2.26. The summed E-state index contributed by atoms with van der Waals surface area (Å²) in [6.07, 6.45) is 6.24. The molecule has 0 bridgehead atoms. The van der Waals surface area contributed by atoms with Crippen molar-refractivity contribution in [3.05, 3.63) is 107 Å². The van der Waals surface area contributed by atoms with Gasteiger partial charge in [0.2, 0.25) is 0 Å². The van der Waals surface area contributed by atoms with Gasteiger partial charge in [-0.15, -0.1) is 0 Å². The first-order valence-electron chi connectivity index (χ1n) is 20.8. The number of fused-ring (bicyclic) bond motifs is 4. The molecule has 18 nitrogen and oxygen atoms in total. The minimum atomic E-state index is -5.02. The van der Waals surface area contributed by atoms with Crippen molar-refractivity contribution in [1.82, 2.24) is 5.32 Å². The lowest BCUT2D eigenvalue weighted by Crippen LogP contribution is -2.28. The summed E-state index contributed by atoms with van der Waals surface area (Å²) >= 11 is 0. The Kier molecular flexibility index (Phi) is 15.7. The molecule has 4 aromatic carbocycles. The van der Waals surface area contributed by atoms with Gasteiger partial charge in [-0.25, -0.2) is 0 Å². The van der Waals surface area contributed by atoms with Gasteiger partial charge in [0.25, 0.3) is 46.4 Å². The number of rotatable bonds is 21. The fraction of sp³-hybridized carbons (Fsp3) is 0.378. The summed E-state index contributed by atoms with van der Waals surface area (Å²) in [6, 6.07) is 10.4. The highest BCUT2D eigenvalue weighted by atomic mass is 32.2. The van der Waals surface area contributed by atoms with Gasteiger partial charge in [0, 0.05) is 59.8 Å². The number of unbranched alkanes of at least 4 members (excludes halogenated alkanes) is 2. The van der Waals surface area contributed by atoms with Gasteiger partial charge in [-0.1, -0.05) is 64.1 Å². The Morgan fingerprint density at radius 1 is 0.821 bits per heavy atom. The number of carbonyl (C=O) groups excluding carboxylic acids is 1. The number of carboxylic acids is 1. The second-order valence-corrected chi connectivity index (χ2v) is 22.9. The molecule has 22 heteroatoms. The van der Waals surface area contributed by atoms with E-state index in [4.69, 9.17) is 4.74 Å². The number of anilines is 1. The number of ether oxygens (including phenoxy) is 1. The Hall–Kier alpha value is -5.04. The first-order chi connectivity index (χ1) is 30.9. The number of aryl methyl sites for hydroxylation is 1. The molecule has 0 saturated heterocycles. The largest absolute Gasteiger partial charge is 0.481 e. The normalized spacial score (nSPS) is 15.9. The number of nitrogens with one attached hydrogen (secondary N) is 1. The molecular weight excluding hydrogens is 953 g/mol. The summed E-state index contributed by atoms with van der Waals surface area (Å²) in [4.78, 5) is 24.6. The molecule has 1 aliphatic heterocycles. The van der Waals surface area contributed by atoms with Gasteiger partial charge in [-0.05, 0) is 107 Å². The van der Waals surface area contributed by atoms with E-state index >= 15 is 0 Å². The van der Waals surface area contributed by atoms with Crippen LogP contribution in [0.15, 0.2) is 99.3 Å². The van der Waals surface area contributed by atoms with Crippen molar-refractivity contribution in [2.75, 3.05) is 37.5 Å². The molecule has 4 aromatic rings. The van der Waals surface area contributed by atoms with Crippen molar-refractivity contribution in [3.8, 4) is 0 Å². The van der Waals surface area contributed by atoms with E-state index in [-0.39, 0.29) is 54.1 Å². The molecule has 0 fully saturated rings. The first-order valence-corrected chi connectivity index (χ1v) is 26.8. The minimum absolute atomic E-state index is 0.00947. The monoisotopic (exact) mass is 1010 g/mol. The van der Waals surface area contributed by atoms with E-state index in [1.807, 2.05) is 4.90 Å². The Bertz CT molecular complexity index is 3180. The number of amides is 1. The third-order valence-electron chi connectivity index (χ3n) is 12.1. The van der Waals surface area contributed by atoms with Gasteiger partial charge in [-0.2, -0.15) is 33.7 Å². The lowest BCUT2D eigenvalue weighted by atomic mass is 9.69. The molecule has 1 amide bonds. The number of carboxylic acid groups (broad SMARTS) is 1. The summed E-state index contributed by atoms with van der Waals surface area (Å²) < 4.78 is 145. The summed E-state index contributed by atoms with van der Waals surface area (Å²) in [5.41, 5.74) is 0.530. The van der Waals surface area contributed by atoms with Crippen molar-refractivity contribution in [1.29, 1.82) is 0 Å². The molecule has 0 radical (unpaired) electrons. The van der Waals surface area contributed by atoms with Crippen LogP contribution in [0.25, 0.3) is 21.5 Å². The first kappa shape index (κ1) is 52.9. The predicted octanol–water partition coefficient (Wildman–Crippen LogP) is 6.78. The van der Waals surface area contributed by atoms with Crippen LogP contribution in [0.4, 0.5) is 5.69 Å². The molecule has 5 rings (SSSR count). The van der Waals surface area contributed by atoms with Crippen molar-refractivity contribution in [2.45, 2.75) is 91.7 Å². The highest BCUT2D eigenvalue weighted by Crippen LogP contribution is 2.52. The average molecular weight is 1010 g/mol. The van der Waals surface area contributed by atoms with Crippen molar-refractivity contribution in [2.24, 2.45) is 0 Å². The Balaban J connectivity index is 1.73. The highest BCUT2D eigenvalue weighted by molar-refractivity contribution is 7.87. The number of allylic oxidation sites excluding steroid dienone is 5. The summed E-state index contributed by atoms with van der Waals surface area (Å²) in [5, 5.41) is 12.5. The van der Waals surface area contributed by atoms with Crippen LogP contribution in [0, 0.1) is 6.92 Å². The van der Waals surface area contributed by atoms with Crippen LogP contribution in [-0.4, -0.2) is 101 Å². The zero-order valence-electron chi connectivity index (χ0n) is 37.4. The van der Waals surface area contributed by atoms with Gasteiger partial charge >= 0.3 is 5.97 Å². The van der Waals surface area contributed by atoms with E-state index < -0.39 is 83.6 Å². The minimum Gasteiger partial charge on any atom is -0.481 e. The fourth-order valence-electron chi connectivity index (χ4n) is 8.91. The maximum Gasteiger partial charge on any atom is 0.303 e. The molecule has 0 saturated carbocycles. The zero-order valence-corrected chi connectivity index (χ0v) is 40.7. The molecular formula is C45H54N2O16S4. The van der Waals surface area contributed by atoms with Crippen LogP contribution in [0.2, 0.25) is 0 Å². The number of carbonyl (C=O) groups is 2. The van der Waals surface area contributed by atoms with E-state index in [1.165, 1.54) is 19.2 Å². The van der Waals surface area contributed by atoms with E-state index in [1.54, 1.807) is 64.1 Å². The lowest BCUT2D eigenvalue weighted by molar-refractivity contribution is -0.137. The van der Waals surface area contributed by atoms with Crippen LogP contribution >= 0.6 is 0 Å². The van der Waals surface area contributed by atoms with Crippen molar-refractivity contribution in [3.63, 3.8) is 0 Å². The molecule has 6 N–H and O–H groups in total. The topological polar surface area (TPSA) is 296 Å². The SMILES string of the molecule is C=C(/C=C/C=C1/N(CCCCCC(=O)O)c2ccc3c(S(=O)(=O)O)cc(S(=O)(=O)O)cc3c2C1(C)C)C(C)(CCCS(=O)(=O)O)c1c(C)ccc2c(C(=O)NCCOC)cc(S(=O)(=O)O)cc12. The number of benzene rings is 4. The number of aliphatic carboxylic acids is 1. The van der Waals surface area contributed by atoms with Crippen molar-refractivity contribution >= 4 is 79.6 Å². The molecule has 0 aromatic heterocycles. The standard InChI is InChI=1S/C45H54N2O16S4/c1-28-15-16-32-34(24-30(65(54,55)56)26-36(32)43(50)46-20-22-63-6)41(28)45(5,19-11-23-64(51,52)53)29(2)12-10-13-39-44(3,4)42-35-25-31(66(57,58)59)27-38(67(60,61)62)33(35)17-18-37(42)47(39)21-9-7-8-14-40(48)49/h10,12-13,15-18,24-27H,2,7-9,11,14,19-23H2,1,3-6H3,(H,46,50)(H,48,49)(H,51,52,53)(H,54,55,56)(H,57,58,59)(H,60,61,62)/b12-10+,39-13+. The smallest absolute Gasteiger partial charge is 0.303 e. The predicted molar refractivity (Wildman–Crippen MR) is 252 cm³/mol. The van der Waals surface area contributed by atoms with Crippen LogP contribution in [0.1, 0.15) is 86.3 Å². The molecule has 1 heterocycles. The number of nitrogens with zero attached hydrogens (tertiary/aromatic N) is 1. The quantitative estimate of drug-likeness (QED) is 0.0285. The van der Waals surface area contributed by atoms with Gasteiger partial charge < -0.3 is 20.1 Å². The third kappa shape index (κ3) is 11.8. The highest BCUT2D eigenvalue weighted by Gasteiger charge is 2.42. The second kappa shape index (κ2) is 19.9. The van der Waals surface area contributed by atoms with Crippen LogP contribution in [-0.2, 0) is 60.8 Å². The van der Waals surface area contributed by atoms with Gasteiger partial charge in [0.15, 0.2) is 0 Å². The Morgan fingerprint density at radius 3 is 2.04 bits per heavy atom. The molecule has 364 valence electrons. The maximum atomic E-state index is 13.5. The second-order valence-electron chi connectivity index (χ2n) is 17.1. The number of hydrogen-bond donors (Lipinski definition) is 6. The molecule has 67 heavy (non-hydrogen) atoms. The summed E-state index contributed by atoms with van der Waals surface area (Å²) in [6.45, 7) is 12.0. The average Bonchev–Trinajstić information content (AvgIpc) is 3.42. The fourth-order valence-corrected chi connectivity index (χ4v) is 11.3. The Morgan fingerprint density at radius 2 is 1.45 bits per heavy atom. The van der Waals surface area contributed by atoms with Gasteiger partial charge in [-0.3, -0.25) is 27.8 Å². The maximum absolute atomic E-state index is 13.5. The summed E-state index contributed by atoms with van der Waals surface area (Å²) in [7, 11) is -17.9. The van der Waals surface area contributed by atoms with Crippen LogP contribution in [0.5, 0.6) is 0 Å². The van der Waals surface area contributed by atoms with E-state index in [2.05, 4.69) is 11.9 Å². The van der Waals surface area contributed by atoms with Crippen LogP contribution in [0.3, 0.4) is 0 Å². The van der Waals surface area contributed by atoms with E-state index in [0.29, 0.717) is 70.9 Å². The van der Waals surface area contributed by atoms with E-state index in [9.17, 15) is 66.6 Å². The third-order valence-corrected chi connectivity index (χ3v) is 15.4.